The lowest BCUT2D eigenvalue weighted by Gasteiger charge is -2.32. The minimum Gasteiger partial charge on any atom is -0.497 e. The van der Waals surface area contributed by atoms with Crippen LogP contribution in [-0.4, -0.2) is 46.9 Å². The Labute approximate surface area is 198 Å². The molecule has 1 unspecified atom stereocenters. The molecule has 0 spiro atoms. The Morgan fingerprint density at radius 3 is 2.79 bits per heavy atom. The Hall–Kier alpha value is -4.40. The number of aromatic nitrogens is 1. The van der Waals surface area contributed by atoms with Crippen LogP contribution >= 0.6 is 0 Å². The van der Waals surface area contributed by atoms with Crippen LogP contribution in [-0.2, 0) is 11.3 Å². The number of ether oxygens (including phenoxy) is 2. The van der Waals surface area contributed by atoms with Crippen molar-refractivity contribution in [2.75, 3.05) is 13.7 Å². The molecule has 0 radical (unpaired) electrons. The molecule has 1 aliphatic carbocycles. The molecule has 3 heterocycles. The standard InChI is InChI=1S/C25H22N4O5.2H2/c1-33-19-10-8-16-14-29(22(30)20(16)13-19)15-25(23(31)27-24(32)28-25)17-5-4-6-18(11-9-17)34-21-7-2-3-12-26-21;;/h2-5,7-13H,6,14-15H2,1H3,(H2,27,28,31,32);2*1H. The molecule has 1 saturated heterocycles. The van der Waals surface area contributed by atoms with Gasteiger partial charge in [-0.15, -0.1) is 0 Å². The van der Waals surface area contributed by atoms with E-state index in [4.69, 9.17) is 9.47 Å². The average Bonchev–Trinajstić information content (AvgIpc) is 3.17. The number of imide groups is 1. The highest BCUT2D eigenvalue weighted by molar-refractivity contribution is 6.10. The molecule has 2 aromatic rings. The maximum Gasteiger partial charge on any atom is 0.322 e. The summed E-state index contributed by atoms with van der Waals surface area (Å²) in [7, 11) is 1.54. The molecule has 0 saturated carbocycles. The van der Waals surface area contributed by atoms with Crippen LogP contribution in [0, 0.1) is 0 Å². The molecular formula is C25H26N4O5. The second kappa shape index (κ2) is 8.51. The number of nitrogens with one attached hydrogen (secondary N) is 2. The molecule has 9 heteroatoms. The van der Waals surface area contributed by atoms with Crippen molar-refractivity contribution in [1.82, 2.24) is 20.5 Å². The fourth-order valence-corrected chi connectivity index (χ4v) is 4.29. The third kappa shape index (κ3) is 3.81. The van der Waals surface area contributed by atoms with Gasteiger partial charge < -0.3 is 19.7 Å². The van der Waals surface area contributed by atoms with Gasteiger partial charge in [-0.3, -0.25) is 14.9 Å². The smallest absolute Gasteiger partial charge is 0.322 e. The molecule has 5 rings (SSSR count). The van der Waals surface area contributed by atoms with Crippen LogP contribution in [0.1, 0.15) is 25.2 Å². The number of nitrogens with zero attached hydrogens (tertiary/aromatic N) is 2. The maximum atomic E-state index is 13.1. The number of carbonyl (C=O) groups is 3. The number of rotatable bonds is 6. The number of allylic oxidation sites excluding steroid dienone is 3. The van der Waals surface area contributed by atoms with E-state index in [2.05, 4.69) is 15.6 Å². The normalized spacial score (nSPS) is 21.3. The minimum absolute atomic E-state index is 0. The zero-order valence-corrected chi connectivity index (χ0v) is 18.4. The Kier molecular flexibility index (Phi) is 5.37. The van der Waals surface area contributed by atoms with Crippen LogP contribution in [0.25, 0.3) is 0 Å². The zero-order chi connectivity index (χ0) is 23.7. The molecule has 9 nitrogen and oxygen atoms in total. The Morgan fingerprint density at radius 1 is 1.18 bits per heavy atom. The topological polar surface area (TPSA) is 110 Å². The Balaban J connectivity index is 0.00000180. The quantitative estimate of drug-likeness (QED) is 0.639. The number of amides is 4. The van der Waals surface area contributed by atoms with Gasteiger partial charge in [-0.2, -0.15) is 0 Å². The molecule has 3 aliphatic rings. The molecule has 2 aliphatic heterocycles. The van der Waals surface area contributed by atoms with Crippen LogP contribution < -0.4 is 20.1 Å². The van der Waals surface area contributed by atoms with Gasteiger partial charge in [0.05, 0.1) is 13.7 Å². The summed E-state index contributed by atoms with van der Waals surface area (Å²) in [6, 6.07) is 10.1. The van der Waals surface area contributed by atoms with Crippen molar-refractivity contribution >= 4 is 17.8 Å². The molecule has 2 N–H and O–H groups in total. The first kappa shape index (κ1) is 21.4. The number of carbonyl (C=O) groups excluding carboxylic acids is 3. The largest absolute Gasteiger partial charge is 0.497 e. The lowest BCUT2D eigenvalue weighted by Crippen LogP contribution is -2.56. The fourth-order valence-electron chi connectivity index (χ4n) is 4.29. The van der Waals surface area contributed by atoms with E-state index >= 15 is 0 Å². The van der Waals surface area contributed by atoms with E-state index in [0.29, 0.717) is 41.5 Å². The van der Waals surface area contributed by atoms with Crippen LogP contribution in [0.4, 0.5) is 4.79 Å². The molecule has 1 fully saturated rings. The summed E-state index contributed by atoms with van der Waals surface area (Å²) in [5.41, 5.74) is 0.459. The van der Waals surface area contributed by atoms with E-state index in [1.54, 1.807) is 53.6 Å². The third-order valence-corrected chi connectivity index (χ3v) is 6.00. The molecule has 1 aromatic carbocycles. The fraction of sp³-hybridized carbons (Fsp3) is 0.200. The number of pyridine rings is 1. The summed E-state index contributed by atoms with van der Waals surface area (Å²) in [6.07, 6.45) is 9.19. The van der Waals surface area contributed by atoms with E-state index in [1.807, 2.05) is 18.2 Å². The first-order chi connectivity index (χ1) is 16.5. The summed E-state index contributed by atoms with van der Waals surface area (Å²) >= 11 is 0. The highest BCUT2D eigenvalue weighted by Crippen LogP contribution is 2.32. The van der Waals surface area contributed by atoms with Gasteiger partial charge in [0.25, 0.3) is 11.8 Å². The van der Waals surface area contributed by atoms with Crippen molar-refractivity contribution in [3.63, 3.8) is 0 Å². The zero-order valence-electron chi connectivity index (χ0n) is 18.4. The van der Waals surface area contributed by atoms with Crippen LogP contribution in [0.2, 0.25) is 0 Å². The van der Waals surface area contributed by atoms with Gasteiger partial charge in [0.1, 0.15) is 11.5 Å². The van der Waals surface area contributed by atoms with E-state index in [1.165, 1.54) is 7.11 Å². The molecule has 1 aromatic heterocycles. The number of hydrogen-bond acceptors (Lipinski definition) is 6. The van der Waals surface area contributed by atoms with Crippen molar-refractivity contribution in [1.29, 1.82) is 0 Å². The lowest BCUT2D eigenvalue weighted by molar-refractivity contribution is -0.123. The number of hydrogen-bond donors (Lipinski definition) is 2. The molecule has 4 amide bonds. The van der Waals surface area contributed by atoms with Gasteiger partial charge in [-0.05, 0) is 35.4 Å². The summed E-state index contributed by atoms with van der Waals surface area (Å²) in [5.74, 6) is 0.918. The van der Waals surface area contributed by atoms with E-state index in [9.17, 15) is 14.4 Å². The predicted molar refractivity (Wildman–Crippen MR) is 126 cm³/mol. The number of methoxy groups -OCH3 is 1. The number of fused-ring (bicyclic) bond motifs is 1. The molecule has 176 valence electrons. The van der Waals surface area contributed by atoms with Crippen LogP contribution in [0.5, 0.6) is 11.6 Å². The number of urea groups is 1. The van der Waals surface area contributed by atoms with E-state index in [-0.39, 0.29) is 15.3 Å². The van der Waals surface area contributed by atoms with Gasteiger partial charge in [0, 0.05) is 33.6 Å². The lowest BCUT2D eigenvalue weighted by atomic mass is 9.88. The Bertz CT molecular complexity index is 1280. The monoisotopic (exact) mass is 462 g/mol. The van der Waals surface area contributed by atoms with Gasteiger partial charge in [-0.25, -0.2) is 9.78 Å². The first-order valence-electron chi connectivity index (χ1n) is 10.7. The second-order valence-electron chi connectivity index (χ2n) is 8.13. The summed E-state index contributed by atoms with van der Waals surface area (Å²) in [4.78, 5) is 44.1. The summed E-state index contributed by atoms with van der Waals surface area (Å²) < 4.78 is 11.1. The van der Waals surface area contributed by atoms with Crippen molar-refractivity contribution < 1.29 is 26.7 Å². The first-order valence-corrected chi connectivity index (χ1v) is 10.7. The van der Waals surface area contributed by atoms with Crippen molar-refractivity contribution in [3.05, 3.63) is 89.4 Å². The maximum absolute atomic E-state index is 13.1. The Morgan fingerprint density at radius 2 is 2.06 bits per heavy atom. The van der Waals surface area contributed by atoms with E-state index < -0.39 is 17.5 Å². The van der Waals surface area contributed by atoms with Gasteiger partial charge in [0.2, 0.25) is 5.88 Å². The molecule has 0 bridgehead atoms. The van der Waals surface area contributed by atoms with Gasteiger partial charge in [-0.1, -0.05) is 30.4 Å². The van der Waals surface area contributed by atoms with Gasteiger partial charge >= 0.3 is 6.03 Å². The van der Waals surface area contributed by atoms with Crippen molar-refractivity contribution in [3.8, 4) is 11.6 Å². The van der Waals surface area contributed by atoms with Crippen LogP contribution in [0.15, 0.2) is 78.2 Å². The molecule has 1 atom stereocenters. The number of benzene rings is 1. The van der Waals surface area contributed by atoms with Crippen LogP contribution in [0.3, 0.4) is 0 Å². The van der Waals surface area contributed by atoms with Gasteiger partial charge in [0.15, 0.2) is 5.54 Å². The SMILES string of the molecule is COc1ccc2c(c1)C(=O)N(CC1(C3=CC=C(Oc4ccccn4)CC=C3)NC(=O)NC1=O)C2.[HH].[HH]. The van der Waals surface area contributed by atoms with E-state index in [0.717, 1.165) is 5.56 Å². The molecule has 34 heavy (non-hydrogen) atoms. The highest BCUT2D eigenvalue weighted by Gasteiger charge is 2.51. The molecular weight excluding hydrogens is 436 g/mol. The third-order valence-electron chi connectivity index (χ3n) is 6.00. The average molecular weight is 463 g/mol. The van der Waals surface area contributed by atoms with Crippen molar-refractivity contribution in [2.45, 2.75) is 18.5 Å². The highest BCUT2D eigenvalue weighted by atomic mass is 16.5. The second-order valence-corrected chi connectivity index (χ2v) is 8.13. The minimum atomic E-state index is -1.44. The summed E-state index contributed by atoms with van der Waals surface area (Å²) in [5, 5.41) is 5.08. The van der Waals surface area contributed by atoms with Crippen molar-refractivity contribution in [2.24, 2.45) is 0 Å². The predicted octanol–water partition coefficient (Wildman–Crippen LogP) is 2.97. The summed E-state index contributed by atoms with van der Waals surface area (Å²) in [6.45, 7) is 0.296.